The van der Waals surface area contributed by atoms with Crippen molar-refractivity contribution in [1.82, 2.24) is 39.9 Å². The van der Waals surface area contributed by atoms with Crippen molar-refractivity contribution in [2.75, 3.05) is 9.80 Å². The number of aromatic nitrogens is 8. The van der Waals surface area contributed by atoms with Crippen molar-refractivity contribution in [1.29, 1.82) is 0 Å². The lowest BCUT2D eigenvalue weighted by atomic mass is 9.90. The number of hydrogen-bond donors (Lipinski definition) is 0. The molecule has 0 bridgehead atoms. The van der Waals surface area contributed by atoms with Crippen molar-refractivity contribution in [3.05, 3.63) is 278 Å². The van der Waals surface area contributed by atoms with Crippen LogP contribution in [0.25, 0.3) is 102 Å². The highest BCUT2D eigenvalue weighted by molar-refractivity contribution is 6.07. The Kier molecular flexibility index (Phi) is 15.5. The first-order valence-corrected chi connectivity index (χ1v) is 30.4. The summed E-state index contributed by atoms with van der Waals surface area (Å²) in [5.74, 6) is 3.75. The van der Waals surface area contributed by atoms with Gasteiger partial charge >= 0.3 is 0 Å². The Morgan fingerprint density at radius 2 is 0.591 bits per heavy atom. The molecule has 0 atom stereocenters. The zero-order valence-electron chi connectivity index (χ0n) is 49.1. The minimum atomic E-state index is 0.481. The molecule has 13 aromatic rings. The highest BCUT2D eigenvalue weighted by Crippen LogP contribution is 2.58. The Hall–Kier alpha value is -11.1. The highest BCUT2D eigenvalue weighted by atomic mass is 15.3. The molecule has 0 saturated heterocycles. The zero-order chi connectivity index (χ0) is 59.2. The third-order valence-corrected chi connectivity index (χ3v) is 16.0. The molecule has 1 aliphatic heterocycles. The number of nitrogens with zero attached hydrogens (tertiary/aromatic N) is 10. The van der Waals surface area contributed by atoms with Gasteiger partial charge in [-0.2, -0.15) is 9.97 Å². The summed E-state index contributed by atoms with van der Waals surface area (Å²) in [5, 5.41) is 0. The summed E-state index contributed by atoms with van der Waals surface area (Å²) < 4.78 is 0. The molecule has 1 aliphatic rings. The summed E-state index contributed by atoms with van der Waals surface area (Å²) in [6, 6.07) is 92.3. The van der Waals surface area contributed by atoms with Crippen LogP contribution >= 0.6 is 0 Å². The predicted octanol–water partition coefficient (Wildman–Crippen LogP) is 19.8. The second kappa shape index (κ2) is 24.8. The summed E-state index contributed by atoms with van der Waals surface area (Å²) in [5.41, 5.74) is 17.6. The predicted molar refractivity (Wildman–Crippen MR) is 358 cm³/mol. The Bertz CT molecular complexity index is 4340. The molecule has 88 heavy (non-hydrogen) atoms. The molecular weight excluding hydrogens is 1080 g/mol. The second-order valence-electron chi connectivity index (χ2n) is 22.1. The molecule has 0 aliphatic carbocycles. The number of aryl methyl sites for hydroxylation is 2. The van der Waals surface area contributed by atoms with Crippen LogP contribution in [-0.2, 0) is 12.8 Å². The van der Waals surface area contributed by atoms with Crippen LogP contribution in [-0.4, -0.2) is 39.9 Å². The minimum Gasteiger partial charge on any atom is -0.305 e. The number of para-hydroxylation sites is 4. The molecule has 0 spiro atoms. The van der Waals surface area contributed by atoms with E-state index in [9.17, 15) is 0 Å². The van der Waals surface area contributed by atoms with Crippen LogP contribution in [0.1, 0.15) is 50.7 Å². The highest BCUT2D eigenvalue weighted by Gasteiger charge is 2.36. The molecule has 0 saturated carbocycles. The first kappa shape index (κ1) is 54.8. The van der Waals surface area contributed by atoms with E-state index in [4.69, 9.17) is 39.9 Å². The van der Waals surface area contributed by atoms with E-state index in [1.54, 1.807) is 0 Å². The average Bonchev–Trinajstić information content (AvgIpc) is 0.796. The molecule has 4 heterocycles. The van der Waals surface area contributed by atoms with Gasteiger partial charge in [0.05, 0.1) is 39.8 Å². The van der Waals surface area contributed by atoms with Crippen molar-refractivity contribution >= 4 is 34.4 Å². The van der Waals surface area contributed by atoms with Crippen LogP contribution in [0.3, 0.4) is 0 Å². The molecule has 10 heteroatoms. The Balaban J connectivity index is 1.10. The number of benzene rings is 10. The van der Waals surface area contributed by atoms with Crippen molar-refractivity contribution < 1.29 is 0 Å². The van der Waals surface area contributed by atoms with Gasteiger partial charge in [-0.25, -0.2) is 29.9 Å². The van der Waals surface area contributed by atoms with E-state index in [0.717, 1.165) is 134 Å². The number of unbranched alkanes of at least 4 members (excludes halogenated alkanes) is 2. The van der Waals surface area contributed by atoms with E-state index in [2.05, 4.69) is 181 Å². The van der Waals surface area contributed by atoms with Gasteiger partial charge in [0.25, 0.3) is 0 Å². The average molecular weight is 1140 g/mol. The number of fused-ring (bicyclic) bond motifs is 2. The summed E-state index contributed by atoms with van der Waals surface area (Å²) in [6.45, 7) is 4.53. The van der Waals surface area contributed by atoms with Crippen molar-refractivity contribution in [3.8, 4) is 102 Å². The summed E-state index contributed by atoms with van der Waals surface area (Å²) in [6.07, 6.45) is 6.14. The topological polar surface area (TPSA) is 110 Å². The molecule has 424 valence electrons. The maximum Gasteiger partial charge on any atom is 0.238 e. The lowest BCUT2D eigenvalue weighted by Gasteiger charge is -2.40. The van der Waals surface area contributed by atoms with Gasteiger partial charge < -0.3 is 4.90 Å². The molecule has 0 N–H and O–H groups in total. The van der Waals surface area contributed by atoms with Gasteiger partial charge in [0, 0.05) is 50.1 Å². The molecule has 0 unspecified atom stereocenters. The van der Waals surface area contributed by atoms with Crippen LogP contribution < -0.4 is 9.80 Å². The van der Waals surface area contributed by atoms with E-state index in [1.807, 2.05) is 109 Å². The maximum absolute atomic E-state index is 5.60. The van der Waals surface area contributed by atoms with Gasteiger partial charge in [0.1, 0.15) is 0 Å². The third kappa shape index (κ3) is 11.2. The minimum absolute atomic E-state index is 0.481. The number of anilines is 6. The van der Waals surface area contributed by atoms with Gasteiger partial charge in [0.2, 0.25) is 5.95 Å². The van der Waals surface area contributed by atoms with Gasteiger partial charge in [-0.1, -0.05) is 251 Å². The first-order chi connectivity index (χ1) is 43.5. The van der Waals surface area contributed by atoms with E-state index >= 15 is 0 Å². The van der Waals surface area contributed by atoms with Crippen LogP contribution in [0.5, 0.6) is 0 Å². The molecule has 0 amide bonds. The standard InChI is InChI=1S/C78H62N10/c1-3-5-29-53-47-54(30-6-4-2)49-61(48-53)63-50-62(76-79-65(55-31-13-7-14-32-55)52-66(80-76)56-33-15-8-16-34-56)51-64(77-83-72(57-35-17-9-18-36-57)81-73(84-77)58-37-19-10-20-38-58)71(63)87-67-43-25-27-45-69(67)88(70-46-28-26-44-68(70)87)78-85-74(59-39-21-11-22-40-59)82-75(86-78)60-41-23-12-24-42-60/h7-28,31-52H,3-6,29-30H2,1-2H3. The SMILES string of the molecule is CCCCc1cc(CCCC)cc(-c2cc(-c3nc(-c4ccccc4)cc(-c4ccccc4)n3)cc(-c3nc(-c4ccccc4)nc(-c4ccccc4)n3)c2N2c3ccccc3N(c3nc(-c4ccccc4)nc(-c4ccccc4)n3)c3ccccc32)c1. The van der Waals surface area contributed by atoms with E-state index in [1.165, 1.54) is 11.1 Å². The van der Waals surface area contributed by atoms with E-state index in [0.29, 0.717) is 40.9 Å². The molecule has 0 fully saturated rings. The first-order valence-electron chi connectivity index (χ1n) is 30.4. The van der Waals surface area contributed by atoms with Gasteiger partial charge in [0.15, 0.2) is 34.9 Å². The second-order valence-corrected chi connectivity index (χ2v) is 22.1. The molecule has 0 radical (unpaired) electrons. The lowest BCUT2D eigenvalue weighted by molar-refractivity contribution is 0.781. The van der Waals surface area contributed by atoms with Crippen LogP contribution in [0, 0.1) is 0 Å². The van der Waals surface area contributed by atoms with Gasteiger partial charge in [-0.05, 0) is 84.8 Å². The molecule has 10 nitrogen and oxygen atoms in total. The monoisotopic (exact) mass is 1140 g/mol. The van der Waals surface area contributed by atoms with Crippen molar-refractivity contribution in [2.45, 2.75) is 52.4 Å². The summed E-state index contributed by atoms with van der Waals surface area (Å²) in [4.78, 5) is 48.0. The smallest absolute Gasteiger partial charge is 0.238 e. The quantitative estimate of drug-likeness (QED) is 0.0874. The van der Waals surface area contributed by atoms with E-state index in [-0.39, 0.29) is 0 Å². The Labute approximate surface area is 513 Å². The maximum atomic E-state index is 5.60. The summed E-state index contributed by atoms with van der Waals surface area (Å²) >= 11 is 0. The molecule has 14 rings (SSSR count). The van der Waals surface area contributed by atoms with Crippen molar-refractivity contribution in [2.24, 2.45) is 0 Å². The van der Waals surface area contributed by atoms with Gasteiger partial charge in [-0.3, -0.25) is 4.90 Å². The lowest BCUT2D eigenvalue weighted by Crippen LogP contribution is -2.26. The summed E-state index contributed by atoms with van der Waals surface area (Å²) in [7, 11) is 0. The molecule has 10 aromatic carbocycles. The molecular formula is C78H62N10. The number of rotatable bonds is 17. The number of hydrogen-bond acceptors (Lipinski definition) is 10. The molecule has 3 aromatic heterocycles. The largest absolute Gasteiger partial charge is 0.305 e. The van der Waals surface area contributed by atoms with E-state index < -0.39 is 0 Å². The fourth-order valence-corrected chi connectivity index (χ4v) is 11.7. The fraction of sp³-hybridized carbons (Fsp3) is 0.103. The normalized spacial score (nSPS) is 11.8. The van der Waals surface area contributed by atoms with Crippen LogP contribution in [0.4, 0.5) is 34.4 Å². The third-order valence-electron chi connectivity index (χ3n) is 16.0. The Morgan fingerprint density at radius 3 is 0.989 bits per heavy atom. The van der Waals surface area contributed by atoms with Crippen LogP contribution in [0.15, 0.2) is 267 Å². The van der Waals surface area contributed by atoms with Crippen LogP contribution in [0.2, 0.25) is 0 Å². The van der Waals surface area contributed by atoms with Gasteiger partial charge in [-0.15, -0.1) is 0 Å². The van der Waals surface area contributed by atoms with Crippen molar-refractivity contribution in [3.63, 3.8) is 0 Å². The zero-order valence-corrected chi connectivity index (χ0v) is 49.1. The Morgan fingerprint density at radius 1 is 0.261 bits per heavy atom. The fourth-order valence-electron chi connectivity index (χ4n) is 11.7.